The summed E-state index contributed by atoms with van der Waals surface area (Å²) in [7, 11) is 0. The van der Waals surface area contributed by atoms with Crippen molar-refractivity contribution >= 4 is 23.4 Å². The number of rotatable bonds is 2. The minimum atomic E-state index is 0.0118. The number of hydrogen-bond acceptors (Lipinski definition) is 4. The lowest BCUT2D eigenvalue weighted by Gasteiger charge is -2.36. The molecule has 1 aromatic carbocycles. The summed E-state index contributed by atoms with van der Waals surface area (Å²) in [6.07, 6.45) is 3.34. The smallest absolute Gasteiger partial charge is 0.240 e. The van der Waals surface area contributed by atoms with Crippen LogP contribution in [0.4, 0.5) is 5.69 Å². The molecule has 4 rings (SSSR count). The Balaban J connectivity index is 1.46. The SMILES string of the molecule is O=C([C@@H]1C[C@H](N2CCCc3ccccc32)CN1)N1CCSC1. The lowest BCUT2D eigenvalue weighted by atomic mass is 9.99. The molecule has 1 N–H and O–H groups in total. The molecule has 2 saturated heterocycles. The number of benzene rings is 1. The number of thioether (sulfide) groups is 1. The molecule has 3 heterocycles. The lowest BCUT2D eigenvalue weighted by Crippen LogP contribution is -2.42. The van der Waals surface area contributed by atoms with E-state index in [0.29, 0.717) is 11.9 Å². The Bertz CT molecular complexity index is 559. The molecule has 1 aromatic rings. The van der Waals surface area contributed by atoms with Gasteiger partial charge in [-0.3, -0.25) is 4.79 Å². The van der Waals surface area contributed by atoms with Crippen molar-refractivity contribution in [3.05, 3.63) is 29.8 Å². The Hall–Kier alpha value is -1.20. The molecular weight excluding hydrogens is 294 g/mol. The molecule has 22 heavy (non-hydrogen) atoms. The normalized spacial score (nSPS) is 28.0. The molecule has 118 valence electrons. The molecule has 5 heteroatoms. The standard InChI is InChI=1S/C17H23N3OS/c21-17(19-8-9-22-12-19)15-10-14(11-18-15)20-7-3-5-13-4-1-2-6-16(13)20/h1-2,4,6,14-15,18H,3,5,7-12H2/t14-,15-/m0/s1. The van der Waals surface area contributed by atoms with E-state index in [9.17, 15) is 4.79 Å². The molecule has 0 unspecified atom stereocenters. The molecule has 0 spiro atoms. The molecule has 2 atom stereocenters. The van der Waals surface area contributed by atoms with Gasteiger partial charge >= 0.3 is 0 Å². The van der Waals surface area contributed by atoms with Gasteiger partial charge in [0.15, 0.2) is 0 Å². The van der Waals surface area contributed by atoms with Gasteiger partial charge in [0.25, 0.3) is 0 Å². The van der Waals surface area contributed by atoms with Crippen LogP contribution in [0, 0.1) is 0 Å². The van der Waals surface area contributed by atoms with Crippen molar-refractivity contribution in [2.45, 2.75) is 31.3 Å². The van der Waals surface area contributed by atoms with Crippen LogP contribution >= 0.6 is 11.8 Å². The fourth-order valence-corrected chi connectivity index (χ4v) is 4.85. The molecule has 3 aliphatic heterocycles. The Kier molecular flexibility index (Phi) is 4.01. The van der Waals surface area contributed by atoms with Crippen LogP contribution in [0.2, 0.25) is 0 Å². The van der Waals surface area contributed by atoms with Gasteiger partial charge in [0, 0.05) is 37.1 Å². The van der Waals surface area contributed by atoms with Gasteiger partial charge in [0.2, 0.25) is 5.91 Å². The second-order valence-electron chi connectivity index (χ2n) is 6.42. The highest BCUT2D eigenvalue weighted by Gasteiger charge is 2.36. The summed E-state index contributed by atoms with van der Waals surface area (Å²) < 4.78 is 0. The molecule has 2 fully saturated rings. The molecule has 3 aliphatic rings. The Morgan fingerprint density at radius 1 is 1.27 bits per heavy atom. The van der Waals surface area contributed by atoms with Gasteiger partial charge in [-0.2, -0.15) is 0 Å². The van der Waals surface area contributed by atoms with Crippen LogP contribution in [-0.2, 0) is 11.2 Å². The van der Waals surface area contributed by atoms with Gasteiger partial charge in [0.1, 0.15) is 0 Å². The second kappa shape index (κ2) is 6.13. The lowest BCUT2D eigenvalue weighted by molar-refractivity contribution is -0.131. The molecule has 0 aliphatic carbocycles. The van der Waals surface area contributed by atoms with Crippen LogP contribution in [-0.4, -0.2) is 54.2 Å². The van der Waals surface area contributed by atoms with Crippen LogP contribution in [0.3, 0.4) is 0 Å². The number of fused-ring (bicyclic) bond motifs is 1. The summed E-state index contributed by atoms with van der Waals surface area (Å²) in [4.78, 5) is 17.1. The maximum atomic E-state index is 12.6. The molecule has 0 radical (unpaired) electrons. The van der Waals surface area contributed by atoms with Crippen molar-refractivity contribution in [2.75, 3.05) is 36.2 Å². The Morgan fingerprint density at radius 3 is 3.05 bits per heavy atom. The fraction of sp³-hybridized carbons (Fsp3) is 0.588. The third-order valence-electron chi connectivity index (χ3n) is 5.06. The maximum Gasteiger partial charge on any atom is 0.240 e. The minimum absolute atomic E-state index is 0.0118. The van der Waals surface area contributed by atoms with Crippen molar-refractivity contribution in [1.82, 2.24) is 10.2 Å². The zero-order valence-corrected chi connectivity index (χ0v) is 13.6. The highest BCUT2D eigenvalue weighted by atomic mass is 32.2. The largest absolute Gasteiger partial charge is 0.367 e. The molecule has 1 amide bonds. The van der Waals surface area contributed by atoms with E-state index in [2.05, 4.69) is 34.5 Å². The molecule has 4 nitrogen and oxygen atoms in total. The van der Waals surface area contributed by atoms with Gasteiger partial charge < -0.3 is 15.1 Å². The average molecular weight is 317 g/mol. The van der Waals surface area contributed by atoms with E-state index >= 15 is 0 Å². The predicted octanol–water partition coefficient (Wildman–Crippen LogP) is 1.70. The van der Waals surface area contributed by atoms with Crippen LogP contribution in [0.25, 0.3) is 0 Å². The monoisotopic (exact) mass is 317 g/mol. The van der Waals surface area contributed by atoms with Gasteiger partial charge in [-0.05, 0) is 30.9 Å². The van der Waals surface area contributed by atoms with E-state index in [0.717, 1.165) is 37.7 Å². The summed E-state index contributed by atoms with van der Waals surface area (Å²) in [5, 5.41) is 3.47. The summed E-state index contributed by atoms with van der Waals surface area (Å²) in [6.45, 7) is 2.95. The van der Waals surface area contributed by atoms with Crippen molar-refractivity contribution in [1.29, 1.82) is 0 Å². The number of hydrogen-bond donors (Lipinski definition) is 1. The summed E-state index contributed by atoms with van der Waals surface area (Å²) in [5.74, 6) is 2.26. The number of carbonyl (C=O) groups is 1. The first-order valence-corrected chi connectivity index (χ1v) is 9.43. The first-order valence-electron chi connectivity index (χ1n) is 8.27. The summed E-state index contributed by atoms with van der Waals surface area (Å²) in [5.41, 5.74) is 2.84. The number of nitrogens with one attached hydrogen (secondary N) is 1. The second-order valence-corrected chi connectivity index (χ2v) is 7.49. The van der Waals surface area contributed by atoms with Gasteiger partial charge in [-0.15, -0.1) is 11.8 Å². The average Bonchev–Trinajstić information content (AvgIpc) is 3.25. The van der Waals surface area contributed by atoms with E-state index in [1.165, 1.54) is 24.1 Å². The van der Waals surface area contributed by atoms with Crippen molar-refractivity contribution in [3.63, 3.8) is 0 Å². The van der Waals surface area contributed by atoms with Gasteiger partial charge in [-0.1, -0.05) is 18.2 Å². The summed E-state index contributed by atoms with van der Waals surface area (Å²) >= 11 is 1.86. The Morgan fingerprint density at radius 2 is 2.18 bits per heavy atom. The number of para-hydroxylation sites is 1. The van der Waals surface area contributed by atoms with E-state index in [1.807, 2.05) is 16.7 Å². The van der Waals surface area contributed by atoms with Crippen LogP contribution in [0.15, 0.2) is 24.3 Å². The zero-order valence-electron chi connectivity index (χ0n) is 12.8. The predicted molar refractivity (Wildman–Crippen MR) is 91.3 cm³/mol. The highest BCUT2D eigenvalue weighted by Crippen LogP contribution is 2.31. The third kappa shape index (κ3) is 2.61. The minimum Gasteiger partial charge on any atom is -0.367 e. The van der Waals surface area contributed by atoms with E-state index in [-0.39, 0.29) is 6.04 Å². The van der Waals surface area contributed by atoms with Crippen molar-refractivity contribution in [2.24, 2.45) is 0 Å². The van der Waals surface area contributed by atoms with Gasteiger partial charge in [-0.25, -0.2) is 0 Å². The number of nitrogens with zero attached hydrogens (tertiary/aromatic N) is 2. The van der Waals surface area contributed by atoms with Crippen LogP contribution < -0.4 is 10.2 Å². The maximum absolute atomic E-state index is 12.6. The molecule has 0 saturated carbocycles. The molecule has 0 aromatic heterocycles. The highest BCUT2D eigenvalue weighted by molar-refractivity contribution is 7.99. The zero-order chi connectivity index (χ0) is 14.9. The third-order valence-corrected chi connectivity index (χ3v) is 6.02. The number of anilines is 1. The molecular formula is C17H23N3OS. The fourth-order valence-electron chi connectivity index (χ4n) is 3.89. The van der Waals surface area contributed by atoms with E-state index < -0.39 is 0 Å². The first kappa shape index (κ1) is 14.4. The topological polar surface area (TPSA) is 35.6 Å². The molecule has 0 bridgehead atoms. The number of aryl methyl sites for hydroxylation is 1. The van der Waals surface area contributed by atoms with E-state index in [4.69, 9.17) is 0 Å². The number of carbonyl (C=O) groups excluding carboxylic acids is 1. The summed E-state index contributed by atoms with van der Waals surface area (Å²) in [6, 6.07) is 9.20. The Labute approximate surface area is 136 Å². The van der Waals surface area contributed by atoms with Crippen molar-refractivity contribution in [3.8, 4) is 0 Å². The van der Waals surface area contributed by atoms with Crippen molar-refractivity contribution < 1.29 is 4.79 Å². The van der Waals surface area contributed by atoms with E-state index in [1.54, 1.807) is 0 Å². The van der Waals surface area contributed by atoms with Gasteiger partial charge in [0.05, 0.1) is 11.9 Å². The first-order chi connectivity index (χ1) is 10.8. The number of amides is 1. The van der Waals surface area contributed by atoms with Crippen LogP contribution in [0.1, 0.15) is 18.4 Å². The quantitative estimate of drug-likeness (QED) is 0.901. The van der Waals surface area contributed by atoms with Crippen LogP contribution in [0.5, 0.6) is 0 Å².